The zero-order valence-electron chi connectivity index (χ0n) is 15.2. The first kappa shape index (κ1) is 21.3. The summed E-state index contributed by atoms with van der Waals surface area (Å²) in [6.45, 7) is 0.287. The van der Waals surface area contributed by atoms with Crippen molar-refractivity contribution in [2.45, 2.75) is 26.1 Å². The highest BCUT2D eigenvalue weighted by Gasteiger charge is 2.28. The Morgan fingerprint density at radius 3 is 2.36 bits per heavy atom. The monoisotopic (exact) mass is 395 g/mol. The highest BCUT2D eigenvalue weighted by atomic mass is 19.4. The number of carbonyl (C=O) groups is 2. The average molecular weight is 395 g/mol. The van der Waals surface area contributed by atoms with Crippen molar-refractivity contribution in [1.29, 1.82) is 0 Å². The van der Waals surface area contributed by atoms with Crippen molar-refractivity contribution < 1.29 is 32.2 Å². The summed E-state index contributed by atoms with van der Waals surface area (Å²) in [7, 11) is 0. The lowest BCUT2D eigenvalue weighted by Crippen LogP contribution is -2.28. The zero-order chi connectivity index (χ0) is 20.6. The van der Waals surface area contributed by atoms with E-state index in [4.69, 9.17) is 4.74 Å². The van der Waals surface area contributed by atoms with Gasteiger partial charge in [0.1, 0.15) is 11.5 Å². The molecule has 0 aromatic heterocycles. The summed E-state index contributed by atoms with van der Waals surface area (Å²) in [5.41, 5.74) is 1.17. The van der Waals surface area contributed by atoms with Crippen LogP contribution in [-0.2, 0) is 11.3 Å². The van der Waals surface area contributed by atoms with Gasteiger partial charge in [-0.2, -0.15) is 13.2 Å². The number of carbonyl (C=O) groups excluding carboxylic acids is 2. The van der Waals surface area contributed by atoms with Crippen LogP contribution in [0.25, 0.3) is 0 Å². The standard InChI is InChI=1S/C20H20F3NO4/c1-2-18(25)15-6-8-16(9-7-15)27-12-19(26)24-11-14-4-3-5-17(10-14)28-13-20(21,22)23/h3-10H,2,11-13H2,1H3,(H,24,26). The van der Waals surface area contributed by atoms with Gasteiger partial charge in [0.2, 0.25) is 0 Å². The molecule has 150 valence electrons. The molecule has 2 aromatic rings. The maximum Gasteiger partial charge on any atom is 0.422 e. The maximum atomic E-state index is 12.2. The van der Waals surface area contributed by atoms with Gasteiger partial charge in [0.25, 0.3) is 5.91 Å². The number of rotatable bonds is 9. The van der Waals surface area contributed by atoms with Gasteiger partial charge in [0.15, 0.2) is 19.0 Å². The fourth-order valence-corrected chi connectivity index (χ4v) is 2.25. The third-order valence-electron chi connectivity index (χ3n) is 3.66. The molecule has 28 heavy (non-hydrogen) atoms. The van der Waals surface area contributed by atoms with Crippen molar-refractivity contribution in [3.63, 3.8) is 0 Å². The molecule has 0 atom stereocenters. The predicted octanol–water partition coefficient (Wildman–Crippen LogP) is 3.92. The molecular formula is C20H20F3NO4. The Hall–Kier alpha value is -3.03. The number of ketones is 1. The van der Waals surface area contributed by atoms with E-state index in [9.17, 15) is 22.8 Å². The SMILES string of the molecule is CCC(=O)c1ccc(OCC(=O)NCc2cccc(OCC(F)(F)F)c2)cc1. The van der Waals surface area contributed by atoms with E-state index in [1.165, 1.54) is 12.1 Å². The molecule has 0 bridgehead atoms. The third-order valence-corrected chi connectivity index (χ3v) is 3.66. The second kappa shape index (κ2) is 9.77. The molecule has 0 saturated carbocycles. The van der Waals surface area contributed by atoms with Crippen LogP contribution in [0, 0.1) is 0 Å². The van der Waals surface area contributed by atoms with Crippen LogP contribution in [0.15, 0.2) is 48.5 Å². The first-order valence-electron chi connectivity index (χ1n) is 8.58. The minimum absolute atomic E-state index is 0.0192. The van der Waals surface area contributed by atoms with Crippen LogP contribution < -0.4 is 14.8 Å². The van der Waals surface area contributed by atoms with Crippen LogP contribution in [0.2, 0.25) is 0 Å². The maximum absolute atomic E-state index is 12.2. The van der Waals surface area contributed by atoms with Crippen molar-refractivity contribution in [2.75, 3.05) is 13.2 Å². The summed E-state index contributed by atoms with van der Waals surface area (Å²) in [5, 5.41) is 2.61. The molecule has 0 radical (unpaired) electrons. The van der Waals surface area contributed by atoms with Crippen molar-refractivity contribution in [1.82, 2.24) is 5.32 Å². The largest absolute Gasteiger partial charge is 0.484 e. The van der Waals surface area contributed by atoms with Gasteiger partial charge in [-0.25, -0.2) is 0 Å². The van der Waals surface area contributed by atoms with Gasteiger partial charge in [-0.15, -0.1) is 0 Å². The van der Waals surface area contributed by atoms with E-state index in [1.807, 2.05) is 0 Å². The minimum Gasteiger partial charge on any atom is -0.484 e. The number of amides is 1. The van der Waals surface area contributed by atoms with E-state index >= 15 is 0 Å². The Morgan fingerprint density at radius 2 is 1.71 bits per heavy atom. The van der Waals surface area contributed by atoms with Gasteiger partial charge >= 0.3 is 6.18 Å². The van der Waals surface area contributed by atoms with Crippen molar-refractivity contribution >= 4 is 11.7 Å². The molecule has 2 rings (SSSR count). The lowest BCUT2D eigenvalue weighted by atomic mass is 10.1. The van der Waals surface area contributed by atoms with Gasteiger partial charge in [0, 0.05) is 18.5 Å². The molecule has 8 heteroatoms. The van der Waals surface area contributed by atoms with Gasteiger partial charge < -0.3 is 14.8 Å². The van der Waals surface area contributed by atoms with Gasteiger partial charge in [-0.3, -0.25) is 9.59 Å². The second-order valence-corrected chi connectivity index (χ2v) is 5.92. The lowest BCUT2D eigenvalue weighted by molar-refractivity contribution is -0.153. The number of nitrogens with one attached hydrogen (secondary N) is 1. The molecule has 1 amide bonds. The zero-order valence-corrected chi connectivity index (χ0v) is 15.2. The quantitative estimate of drug-likeness (QED) is 0.654. The second-order valence-electron chi connectivity index (χ2n) is 5.92. The Kier molecular flexibility index (Phi) is 7.43. The lowest BCUT2D eigenvalue weighted by Gasteiger charge is -2.11. The molecular weight excluding hydrogens is 375 g/mol. The van der Waals surface area contributed by atoms with E-state index < -0.39 is 18.7 Å². The number of hydrogen-bond donors (Lipinski definition) is 1. The van der Waals surface area contributed by atoms with E-state index in [0.29, 0.717) is 23.3 Å². The Morgan fingerprint density at radius 1 is 1.00 bits per heavy atom. The van der Waals surface area contributed by atoms with Crippen LogP contribution in [0.3, 0.4) is 0 Å². The molecule has 0 heterocycles. The average Bonchev–Trinajstić information content (AvgIpc) is 2.68. The number of alkyl halides is 3. The summed E-state index contributed by atoms with van der Waals surface area (Å²) < 4.78 is 46.6. The van der Waals surface area contributed by atoms with Crippen LogP contribution >= 0.6 is 0 Å². The molecule has 0 fully saturated rings. The molecule has 5 nitrogen and oxygen atoms in total. The van der Waals surface area contributed by atoms with Crippen molar-refractivity contribution in [2.24, 2.45) is 0 Å². The molecule has 0 aliphatic rings. The van der Waals surface area contributed by atoms with E-state index in [2.05, 4.69) is 10.1 Å². The fraction of sp³-hybridized carbons (Fsp3) is 0.300. The third kappa shape index (κ3) is 7.30. The molecule has 0 aliphatic carbocycles. The summed E-state index contributed by atoms with van der Waals surface area (Å²) in [6, 6.07) is 12.5. The van der Waals surface area contributed by atoms with Crippen LogP contribution in [-0.4, -0.2) is 31.1 Å². The fourth-order valence-electron chi connectivity index (χ4n) is 2.25. The van der Waals surface area contributed by atoms with Crippen LogP contribution in [0.4, 0.5) is 13.2 Å². The minimum atomic E-state index is -4.41. The van der Waals surface area contributed by atoms with Gasteiger partial charge in [-0.05, 0) is 42.0 Å². The Balaban J connectivity index is 1.78. The van der Waals surface area contributed by atoms with Gasteiger partial charge in [0.05, 0.1) is 0 Å². The molecule has 1 N–H and O–H groups in total. The molecule has 0 spiro atoms. The number of Topliss-reactive ketones (excluding diaryl/α,β-unsaturated/α-hetero) is 1. The first-order chi connectivity index (χ1) is 13.3. The summed E-state index contributed by atoms with van der Waals surface area (Å²) in [5.74, 6) is 0.147. The summed E-state index contributed by atoms with van der Waals surface area (Å²) in [6.07, 6.45) is -4.01. The first-order valence-corrected chi connectivity index (χ1v) is 8.58. The number of ether oxygens (including phenoxy) is 2. The number of halogens is 3. The molecule has 0 aliphatic heterocycles. The Bertz CT molecular complexity index is 804. The van der Waals surface area contributed by atoms with Crippen LogP contribution in [0.1, 0.15) is 29.3 Å². The molecule has 2 aromatic carbocycles. The van der Waals surface area contributed by atoms with Crippen LogP contribution in [0.5, 0.6) is 11.5 Å². The van der Waals surface area contributed by atoms with E-state index in [0.717, 1.165) is 0 Å². The highest BCUT2D eigenvalue weighted by molar-refractivity contribution is 5.95. The predicted molar refractivity (Wildman–Crippen MR) is 96.4 cm³/mol. The Labute approximate surface area is 160 Å². The van der Waals surface area contributed by atoms with E-state index in [1.54, 1.807) is 43.3 Å². The number of benzene rings is 2. The number of hydrogen-bond acceptors (Lipinski definition) is 4. The topological polar surface area (TPSA) is 64.6 Å². The normalized spacial score (nSPS) is 11.0. The van der Waals surface area contributed by atoms with Crippen molar-refractivity contribution in [3.8, 4) is 11.5 Å². The smallest absolute Gasteiger partial charge is 0.422 e. The van der Waals surface area contributed by atoms with Gasteiger partial charge in [-0.1, -0.05) is 19.1 Å². The summed E-state index contributed by atoms with van der Waals surface area (Å²) in [4.78, 5) is 23.4. The van der Waals surface area contributed by atoms with Crippen molar-refractivity contribution in [3.05, 3.63) is 59.7 Å². The summed E-state index contributed by atoms with van der Waals surface area (Å²) >= 11 is 0. The van der Waals surface area contributed by atoms with E-state index in [-0.39, 0.29) is 24.7 Å². The molecule has 0 unspecified atom stereocenters. The highest BCUT2D eigenvalue weighted by Crippen LogP contribution is 2.19. The molecule has 0 saturated heterocycles.